The van der Waals surface area contributed by atoms with Crippen molar-refractivity contribution in [3.8, 4) is 17.0 Å². The molecule has 1 aliphatic heterocycles. The van der Waals surface area contributed by atoms with Crippen LogP contribution in [-0.4, -0.2) is 42.9 Å². The molecule has 0 radical (unpaired) electrons. The van der Waals surface area contributed by atoms with Crippen LogP contribution in [-0.2, 0) is 11.2 Å². The predicted octanol–water partition coefficient (Wildman–Crippen LogP) is 8.02. The Labute approximate surface area is 242 Å². The molecule has 3 heterocycles. The van der Waals surface area contributed by atoms with Crippen molar-refractivity contribution in [2.75, 3.05) is 25.7 Å². The Bertz CT molecular complexity index is 1500. The number of esters is 1. The van der Waals surface area contributed by atoms with E-state index in [2.05, 4.69) is 30.8 Å². The van der Waals surface area contributed by atoms with Crippen molar-refractivity contribution in [1.29, 1.82) is 0 Å². The van der Waals surface area contributed by atoms with Crippen LogP contribution in [0.5, 0.6) is 5.75 Å². The van der Waals surface area contributed by atoms with E-state index in [1.54, 1.807) is 24.5 Å². The third kappa shape index (κ3) is 5.34. The highest BCUT2D eigenvalue weighted by Crippen LogP contribution is 2.42. The summed E-state index contributed by atoms with van der Waals surface area (Å²) in [5.74, 6) is 1.68. The SMILES string of the molecule is COC(=O)c1cc(OC)c2nc(N3CCC(Cc4c(-c5c(Cl)cccc5Cl)noc4C(C)C)C[C@H]3C)sc2c1. The number of halogens is 2. The molecule has 7 nitrogen and oxygen atoms in total. The maximum Gasteiger partial charge on any atom is 0.338 e. The number of carbonyl (C=O) groups is 1. The Morgan fingerprint density at radius 3 is 2.62 bits per heavy atom. The second-order valence-electron chi connectivity index (χ2n) is 10.3. The maximum absolute atomic E-state index is 12.1. The minimum Gasteiger partial charge on any atom is -0.494 e. The summed E-state index contributed by atoms with van der Waals surface area (Å²) in [6.07, 6.45) is 2.81. The summed E-state index contributed by atoms with van der Waals surface area (Å²) in [5, 5.41) is 6.49. The number of ether oxygens (including phenoxy) is 2. The lowest BCUT2D eigenvalue weighted by molar-refractivity contribution is 0.0600. The minimum atomic E-state index is -0.397. The van der Waals surface area contributed by atoms with Gasteiger partial charge in [-0.3, -0.25) is 0 Å². The Balaban J connectivity index is 1.39. The van der Waals surface area contributed by atoms with Gasteiger partial charge in [0, 0.05) is 29.6 Å². The summed E-state index contributed by atoms with van der Waals surface area (Å²) < 4.78 is 17.2. The minimum absolute atomic E-state index is 0.188. The molecule has 4 aromatic rings. The first-order valence-corrected chi connectivity index (χ1v) is 14.5. The number of aromatic nitrogens is 2. The van der Waals surface area contributed by atoms with Gasteiger partial charge < -0.3 is 18.9 Å². The van der Waals surface area contributed by atoms with Crippen LogP contribution in [0.4, 0.5) is 5.13 Å². The van der Waals surface area contributed by atoms with Crippen LogP contribution in [0.1, 0.15) is 61.2 Å². The molecule has 10 heteroatoms. The van der Waals surface area contributed by atoms with Gasteiger partial charge in [0.2, 0.25) is 0 Å². The highest BCUT2D eigenvalue weighted by molar-refractivity contribution is 7.22. The highest BCUT2D eigenvalue weighted by atomic mass is 35.5. The van der Waals surface area contributed by atoms with E-state index in [4.69, 9.17) is 42.2 Å². The van der Waals surface area contributed by atoms with Gasteiger partial charge in [0.1, 0.15) is 22.7 Å². The molecule has 5 rings (SSSR count). The zero-order chi connectivity index (χ0) is 27.8. The smallest absolute Gasteiger partial charge is 0.338 e. The van der Waals surface area contributed by atoms with Gasteiger partial charge in [0.25, 0.3) is 0 Å². The first-order valence-electron chi connectivity index (χ1n) is 13.0. The van der Waals surface area contributed by atoms with Gasteiger partial charge in [-0.1, -0.05) is 59.6 Å². The predicted molar refractivity (Wildman–Crippen MR) is 157 cm³/mol. The molecule has 1 saturated heterocycles. The highest BCUT2D eigenvalue weighted by Gasteiger charge is 2.31. The van der Waals surface area contributed by atoms with Gasteiger partial charge in [0.15, 0.2) is 5.13 Å². The van der Waals surface area contributed by atoms with Gasteiger partial charge in [-0.05, 0) is 56.4 Å². The molecule has 0 amide bonds. The second kappa shape index (κ2) is 11.4. The average Bonchev–Trinajstić information content (AvgIpc) is 3.52. The molecule has 1 unspecified atom stereocenters. The third-order valence-electron chi connectivity index (χ3n) is 7.36. The fraction of sp³-hybridized carbons (Fsp3) is 0.414. The van der Waals surface area contributed by atoms with Crippen LogP contribution >= 0.6 is 34.5 Å². The lowest BCUT2D eigenvalue weighted by Crippen LogP contribution is -2.41. The van der Waals surface area contributed by atoms with E-state index in [-0.39, 0.29) is 12.0 Å². The topological polar surface area (TPSA) is 77.7 Å². The number of piperidine rings is 1. The molecule has 0 saturated carbocycles. The molecule has 0 spiro atoms. The van der Waals surface area contributed by atoms with E-state index >= 15 is 0 Å². The summed E-state index contributed by atoms with van der Waals surface area (Å²) >= 11 is 14.7. The first-order chi connectivity index (χ1) is 18.7. The van der Waals surface area contributed by atoms with Crippen molar-refractivity contribution in [2.45, 2.75) is 52.0 Å². The summed E-state index contributed by atoms with van der Waals surface area (Å²) in [4.78, 5) is 19.4. The molecule has 1 fully saturated rings. The van der Waals surface area contributed by atoms with Crippen LogP contribution in [0.15, 0.2) is 34.9 Å². The van der Waals surface area contributed by atoms with Crippen LogP contribution < -0.4 is 9.64 Å². The number of carbonyl (C=O) groups excluding carboxylic acids is 1. The zero-order valence-electron chi connectivity index (χ0n) is 22.6. The summed E-state index contributed by atoms with van der Waals surface area (Å²) in [6.45, 7) is 7.32. The average molecular weight is 589 g/mol. The number of hydrogen-bond acceptors (Lipinski definition) is 8. The number of rotatable bonds is 7. The molecule has 0 aliphatic carbocycles. The Kier molecular flexibility index (Phi) is 8.08. The van der Waals surface area contributed by atoms with Crippen molar-refractivity contribution >= 4 is 55.9 Å². The Morgan fingerprint density at radius 1 is 1.23 bits per heavy atom. The molecule has 2 aromatic heterocycles. The lowest BCUT2D eigenvalue weighted by Gasteiger charge is -2.37. The van der Waals surface area contributed by atoms with Crippen molar-refractivity contribution in [1.82, 2.24) is 10.1 Å². The monoisotopic (exact) mass is 587 g/mol. The van der Waals surface area contributed by atoms with E-state index in [0.717, 1.165) is 63.7 Å². The summed E-state index contributed by atoms with van der Waals surface area (Å²) in [5.41, 5.74) is 3.76. The third-order valence-corrected chi connectivity index (χ3v) is 9.02. The van der Waals surface area contributed by atoms with Gasteiger partial charge in [-0.15, -0.1) is 0 Å². The molecule has 0 bridgehead atoms. The van der Waals surface area contributed by atoms with Crippen molar-refractivity contribution in [3.63, 3.8) is 0 Å². The molecule has 1 aliphatic rings. The lowest BCUT2D eigenvalue weighted by atomic mass is 9.84. The fourth-order valence-corrected chi connectivity index (χ4v) is 7.15. The molecule has 2 aromatic carbocycles. The normalized spacial score (nSPS) is 17.7. The zero-order valence-corrected chi connectivity index (χ0v) is 24.9. The largest absolute Gasteiger partial charge is 0.494 e. The van der Waals surface area contributed by atoms with E-state index in [9.17, 15) is 4.79 Å². The molecule has 39 heavy (non-hydrogen) atoms. The molecular formula is C29H31Cl2N3O4S. The number of benzene rings is 2. The second-order valence-corrected chi connectivity index (χ2v) is 12.1. The maximum atomic E-state index is 12.1. The number of anilines is 1. The number of methoxy groups -OCH3 is 2. The van der Waals surface area contributed by atoms with Crippen molar-refractivity contribution in [3.05, 3.63) is 57.3 Å². The van der Waals surface area contributed by atoms with Gasteiger partial charge in [-0.2, -0.15) is 0 Å². The van der Waals surface area contributed by atoms with E-state index < -0.39 is 5.97 Å². The van der Waals surface area contributed by atoms with Gasteiger partial charge in [-0.25, -0.2) is 9.78 Å². The number of fused-ring (bicyclic) bond motifs is 1. The van der Waals surface area contributed by atoms with Crippen LogP contribution in [0, 0.1) is 5.92 Å². The van der Waals surface area contributed by atoms with E-state index in [1.165, 1.54) is 7.11 Å². The van der Waals surface area contributed by atoms with Gasteiger partial charge >= 0.3 is 5.97 Å². The number of nitrogens with zero attached hydrogens (tertiary/aromatic N) is 3. The molecule has 206 valence electrons. The standard InChI is InChI=1S/C29H31Cl2N3O4S/c1-15(2)27-19(25(33-38-27)24-20(30)7-6-8-21(24)31)12-17-9-10-34(16(3)11-17)29-32-26-22(36-4)13-18(28(35)37-5)14-23(26)39-29/h6-8,13-17H,9-12H2,1-5H3/t16-,17?/m1/s1. The Morgan fingerprint density at radius 2 is 1.97 bits per heavy atom. The van der Waals surface area contributed by atoms with Crippen LogP contribution in [0.2, 0.25) is 10.0 Å². The molecule has 0 N–H and O–H groups in total. The number of thiazole rings is 1. The summed E-state index contributed by atoms with van der Waals surface area (Å²) in [7, 11) is 2.96. The van der Waals surface area contributed by atoms with E-state index in [0.29, 0.717) is 27.3 Å². The van der Waals surface area contributed by atoms with Crippen molar-refractivity contribution < 1.29 is 18.8 Å². The van der Waals surface area contributed by atoms with Crippen LogP contribution in [0.3, 0.4) is 0 Å². The molecular weight excluding hydrogens is 557 g/mol. The van der Waals surface area contributed by atoms with E-state index in [1.807, 2.05) is 24.3 Å². The summed E-state index contributed by atoms with van der Waals surface area (Å²) in [6, 6.07) is 9.27. The first kappa shape index (κ1) is 27.7. The van der Waals surface area contributed by atoms with Crippen molar-refractivity contribution in [2.24, 2.45) is 5.92 Å². The molecule has 2 atom stereocenters. The van der Waals surface area contributed by atoms with Gasteiger partial charge in [0.05, 0.1) is 34.5 Å². The number of hydrogen-bond donors (Lipinski definition) is 0. The fourth-order valence-electron chi connectivity index (χ4n) is 5.42. The Hall–Kier alpha value is -2.81. The quantitative estimate of drug-likeness (QED) is 0.202. The van der Waals surface area contributed by atoms with Crippen LogP contribution in [0.25, 0.3) is 21.5 Å².